The number of anilines is 2. The molecular weight excluding hydrogens is 280 g/mol. The first-order chi connectivity index (χ1) is 10.4. The van der Waals surface area contributed by atoms with Gasteiger partial charge in [0.1, 0.15) is 0 Å². The Hall–Kier alpha value is -2.34. The number of hydrogen-bond donors (Lipinski definition) is 4. The van der Waals surface area contributed by atoms with E-state index in [1.807, 2.05) is 13.8 Å². The van der Waals surface area contributed by atoms with Crippen LogP contribution in [0.15, 0.2) is 36.9 Å². The molecule has 0 aromatic heterocycles. The summed E-state index contributed by atoms with van der Waals surface area (Å²) in [4.78, 5) is 23.4. The maximum atomic E-state index is 11.9. The molecule has 0 fully saturated rings. The number of carbonyl (C=O) groups is 2. The molecule has 0 aliphatic rings. The van der Waals surface area contributed by atoms with Gasteiger partial charge in [-0.15, -0.1) is 6.58 Å². The first-order valence-corrected chi connectivity index (χ1v) is 7.24. The molecule has 0 saturated heterocycles. The highest BCUT2D eigenvalue weighted by Gasteiger charge is 2.14. The maximum Gasteiger partial charge on any atom is 0.319 e. The van der Waals surface area contributed by atoms with E-state index in [-0.39, 0.29) is 11.9 Å². The van der Waals surface area contributed by atoms with Crippen molar-refractivity contribution in [1.82, 2.24) is 5.32 Å². The van der Waals surface area contributed by atoms with E-state index in [0.29, 0.717) is 30.3 Å². The van der Waals surface area contributed by atoms with Crippen LogP contribution in [0.1, 0.15) is 20.3 Å². The Kier molecular flexibility index (Phi) is 7.12. The summed E-state index contributed by atoms with van der Waals surface area (Å²) in [7, 11) is 0. The Labute approximate surface area is 131 Å². The standard InChI is InChI=1S/C16H24N4O2/c1-4-9-18-16(22)20-13-7-5-12(6-8-13)19-15(21)14(17)10-11(2)3/h4-8,11,14H,1,9-10,17H2,2-3H3,(H,19,21)(H2,18,20,22)/t14-/m0/s1. The molecule has 0 saturated carbocycles. The number of carbonyl (C=O) groups excluding carboxylic acids is 2. The van der Waals surface area contributed by atoms with Crippen LogP contribution >= 0.6 is 0 Å². The summed E-state index contributed by atoms with van der Waals surface area (Å²) in [5.41, 5.74) is 7.09. The van der Waals surface area contributed by atoms with Crippen molar-refractivity contribution in [2.24, 2.45) is 11.7 Å². The van der Waals surface area contributed by atoms with E-state index in [9.17, 15) is 9.59 Å². The van der Waals surface area contributed by atoms with Crippen LogP contribution < -0.4 is 21.7 Å². The van der Waals surface area contributed by atoms with Gasteiger partial charge in [-0.25, -0.2) is 4.79 Å². The molecular formula is C16H24N4O2. The first kappa shape index (κ1) is 17.7. The first-order valence-electron chi connectivity index (χ1n) is 7.24. The summed E-state index contributed by atoms with van der Waals surface area (Å²) in [5.74, 6) is 0.152. The minimum atomic E-state index is -0.525. The summed E-state index contributed by atoms with van der Waals surface area (Å²) in [6.07, 6.45) is 2.23. The molecule has 1 aromatic rings. The van der Waals surface area contributed by atoms with Gasteiger partial charge in [0, 0.05) is 17.9 Å². The molecule has 120 valence electrons. The van der Waals surface area contributed by atoms with Crippen molar-refractivity contribution in [3.63, 3.8) is 0 Å². The van der Waals surface area contributed by atoms with Gasteiger partial charge in [-0.05, 0) is 36.6 Å². The number of nitrogens with two attached hydrogens (primary N) is 1. The number of rotatable bonds is 7. The zero-order chi connectivity index (χ0) is 16.5. The minimum Gasteiger partial charge on any atom is -0.334 e. The van der Waals surface area contributed by atoms with Gasteiger partial charge in [0.15, 0.2) is 0 Å². The summed E-state index contributed by atoms with van der Waals surface area (Å²) in [6.45, 7) is 7.95. The van der Waals surface area contributed by atoms with E-state index in [4.69, 9.17) is 5.73 Å². The molecule has 0 bridgehead atoms. The monoisotopic (exact) mass is 304 g/mol. The predicted octanol–water partition coefficient (Wildman–Crippen LogP) is 2.31. The van der Waals surface area contributed by atoms with Gasteiger partial charge >= 0.3 is 6.03 Å². The molecule has 1 aromatic carbocycles. The van der Waals surface area contributed by atoms with Crippen molar-refractivity contribution in [2.75, 3.05) is 17.2 Å². The van der Waals surface area contributed by atoms with E-state index in [0.717, 1.165) is 0 Å². The molecule has 0 aliphatic heterocycles. The highest BCUT2D eigenvalue weighted by Crippen LogP contribution is 2.14. The van der Waals surface area contributed by atoms with Crippen LogP contribution in [0.5, 0.6) is 0 Å². The number of benzene rings is 1. The minimum absolute atomic E-state index is 0.210. The lowest BCUT2D eigenvalue weighted by Crippen LogP contribution is -2.36. The smallest absolute Gasteiger partial charge is 0.319 e. The second-order valence-electron chi connectivity index (χ2n) is 5.43. The molecule has 5 N–H and O–H groups in total. The molecule has 0 spiro atoms. The average Bonchev–Trinajstić information content (AvgIpc) is 2.46. The van der Waals surface area contributed by atoms with Crippen LogP contribution in [0.4, 0.5) is 16.2 Å². The fraction of sp³-hybridized carbons (Fsp3) is 0.375. The van der Waals surface area contributed by atoms with Gasteiger partial charge in [0.25, 0.3) is 0 Å². The molecule has 6 heteroatoms. The van der Waals surface area contributed by atoms with Crippen LogP contribution in [0.3, 0.4) is 0 Å². The van der Waals surface area contributed by atoms with Gasteiger partial charge in [0.05, 0.1) is 6.04 Å². The Morgan fingerprint density at radius 3 is 2.23 bits per heavy atom. The van der Waals surface area contributed by atoms with Gasteiger partial charge in [-0.3, -0.25) is 4.79 Å². The zero-order valence-electron chi connectivity index (χ0n) is 13.1. The molecule has 0 unspecified atom stereocenters. The number of urea groups is 1. The van der Waals surface area contributed by atoms with Gasteiger partial charge in [0.2, 0.25) is 5.91 Å². The van der Waals surface area contributed by atoms with Crippen LogP contribution in [-0.4, -0.2) is 24.5 Å². The van der Waals surface area contributed by atoms with E-state index >= 15 is 0 Å². The Bertz CT molecular complexity index is 511. The van der Waals surface area contributed by atoms with E-state index < -0.39 is 6.04 Å². The normalized spacial score (nSPS) is 11.6. The van der Waals surface area contributed by atoms with Gasteiger partial charge < -0.3 is 21.7 Å². The summed E-state index contributed by atoms with van der Waals surface area (Å²) < 4.78 is 0. The fourth-order valence-corrected chi connectivity index (χ4v) is 1.83. The lowest BCUT2D eigenvalue weighted by atomic mass is 10.0. The zero-order valence-corrected chi connectivity index (χ0v) is 13.1. The molecule has 1 atom stereocenters. The average molecular weight is 304 g/mol. The number of amides is 3. The van der Waals surface area contributed by atoms with Crippen LogP contribution in [-0.2, 0) is 4.79 Å². The topological polar surface area (TPSA) is 96.2 Å². The van der Waals surface area contributed by atoms with Crippen LogP contribution in [0, 0.1) is 5.92 Å². The van der Waals surface area contributed by atoms with Crippen molar-refractivity contribution < 1.29 is 9.59 Å². The SMILES string of the molecule is C=CCNC(=O)Nc1ccc(NC(=O)[C@@H](N)CC(C)C)cc1. The summed E-state index contributed by atoms with van der Waals surface area (Å²) in [6, 6.07) is 6.00. The fourth-order valence-electron chi connectivity index (χ4n) is 1.83. The summed E-state index contributed by atoms with van der Waals surface area (Å²) in [5, 5.41) is 8.03. The maximum absolute atomic E-state index is 11.9. The highest BCUT2D eigenvalue weighted by atomic mass is 16.2. The third-order valence-electron chi connectivity index (χ3n) is 2.88. The van der Waals surface area contributed by atoms with Crippen molar-refractivity contribution >= 4 is 23.3 Å². The third kappa shape index (κ3) is 6.41. The van der Waals surface area contributed by atoms with Crippen LogP contribution in [0.2, 0.25) is 0 Å². The third-order valence-corrected chi connectivity index (χ3v) is 2.88. The van der Waals surface area contributed by atoms with Crippen molar-refractivity contribution in [2.45, 2.75) is 26.3 Å². The highest BCUT2D eigenvalue weighted by molar-refractivity contribution is 5.95. The number of nitrogens with one attached hydrogen (secondary N) is 3. The van der Waals surface area contributed by atoms with Crippen molar-refractivity contribution in [3.05, 3.63) is 36.9 Å². The Balaban J connectivity index is 2.52. The second kappa shape index (κ2) is 8.84. The van der Waals surface area contributed by atoms with Crippen molar-refractivity contribution in [1.29, 1.82) is 0 Å². The molecule has 1 rings (SSSR count). The van der Waals surface area contributed by atoms with Gasteiger partial charge in [-0.2, -0.15) is 0 Å². The van der Waals surface area contributed by atoms with E-state index in [2.05, 4.69) is 22.5 Å². The largest absolute Gasteiger partial charge is 0.334 e. The molecule has 0 radical (unpaired) electrons. The molecule has 0 aliphatic carbocycles. The molecule has 6 nitrogen and oxygen atoms in total. The van der Waals surface area contributed by atoms with Gasteiger partial charge in [-0.1, -0.05) is 19.9 Å². The second-order valence-corrected chi connectivity index (χ2v) is 5.43. The summed E-state index contributed by atoms with van der Waals surface area (Å²) >= 11 is 0. The number of hydrogen-bond acceptors (Lipinski definition) is 3. The molecule has 3 amide bonds. The van der Waals surface area contributed by atoms with Crippen LogP contribution in [0.25, 0.3) is 0 Å². The Morgan fingerprint density at radius 1 is 1.18 bits per heavy atom. The van der Waals surface area contributed by atoms with Crippen molar-refractivity contribution in [3.8, 4) is 0 Å². The molecule has 22 heavy (non-hydrogen) atoms. The lowest BCUT2D eigenvalue weighted by molar-refractivity contribution is -0.117. The predicted molar refractivity (Wildman–Crippen MR) is 89.7 cm³/mol. The van der Waals surface area contributed by atoms with E-state index in [1.54, 1.807) is 30.3 Å². The quantitative estimate of drug-likeness (QED) is 0.582. The van der Waals surface area contributed by atoms with E-state index in [1.165, 1.54) is 0 Å². The molecule has 0 heterocycles. The lowest BCUT2D eigenvalue weighted by Gasteiger charge is -2.14. The Morgan fingerprint density at radius 2 is 1.73 bits per heavy atom.